The first kappa shape index (κ1) is 14.9. The molecule has 0 atom stereocenters. The van der Waals surface area contributed by atoms with Crippen LogP contribution in [0.3, 0.4) is 0 Å². The van der Waals surface area contributed by atoms with E-state index in [1.165, 1.54) is 0 Å². The zero-order valence-electron chi connectivity index (χ0n) is 10.7. The second kappa shape index (κ2) is 6.77. The Morgan fingerprint density at radius 1 is 1.25 bits per heavy atom. The molecule has 104 valence electrons. The summed E-state index contributed by atoms with van der Waals surface area (Å²) in [7, 11) is 0. The highest BCUT2D eigenvalue weighted by Crippen LogP contribution is 2.24. The van der Waals surface area contributed by atoms with Gasteiger partial charge in [-0.25, -0.2) is 4.79 Å². The summed E-state index contributed by atoms with van der Waals surface area (Å²) in [6.07, 6.45) is 0. The molecule has 0 N–H and O–H groups in total. The molecule has 0 aliphatic rings. The van der Waals surface area contributed by atoms with E-state index >= 15 is 0 Å². The van der Waals surface area contributed by atoms with Crippen LogP contribution in [-0.4, -0.2) is 12.6 Å². The molecule has 0 bridgehead atoms. The molecule has 0 amide bonds. The topological polar surface area (TPSA) is 35.5 Å². The van der Waals surface area contributed by atoms with Gasteiger partial charge in [-0.1, -0.05) is 23.7 Å². The normalized spacial score (nSPS) is 10.2. The number of aryl methyl sites for hydroxylation is 1. The molecule has 0 aliphatic heterocycles. The lowest BCUT2D eigenvalue weighted by atomic mass is 10.2. The Hall–Kier alpha value is -1.52. The minimum absolute atomic E-state index is 0.162. The molecule has 0 spiro atoms. The Balaban J connectivity index is 1.93. The first-order chi connectivity index (χ1) is 9.56. The largest absolute Gasteiger partial charge is 0.481 e. The van der Waals surface area contributed by atoms with Crippen molar-refractivity contribution in [2.75, 3.05) is 6.61 Å². The summed E-state index contributed by atoms with van der Waals surface area (Å²) in [6.45, 7) is 1.68. The minimum atomic E-state index is -0.470. The number of para-hydroxylation sites is 1. The molecule has 20 heavy (non-hydrogen) atoms. The van der Waals surface area contributed by atoms with Crippen LogP contribution in [0.15, 0.2) is 46.9 Å². The molecule has 2 aromatic rings. The number of ether oxygens (including phenoxy) is 2. The van der Waals surface area contributed by atoms with E-state index in [1.54, 1.807) is 24.3 Å². The number of hydrogen-bond donors (Lipinski definition) is 0. The molecule has 2 aromatic carbocycles. The molecule has 3 nitrogen and oxygen atoms in total. The number of carbonyl (C=O) groups is 1. The van der Waals surface area contributed by atoms with Crippen molar-refractivity contribution in [2.24, 2.45) is 0 Å². The van der Waals surface area contributed by atoms with E-state index in [1.807, 2.05) is 25.1 Å². The highest BCUT2D eigenvalue weighted by molar-refractivity contribution is 9.10. The van der Waals surface area contributed by atoms with Gasteiger partial charge >= 0.3 is 5.97 Å². The van der Waals surface area contributed by atoms with Crippen molar-refractivity contribution in [1.29, 1.82) is 0 Å². The Kier molecular flexibility index (Phi) is 5.04. The van der Waals surface area contributed by atoms with Gasteiger partial charge in [0, 0.05) is 5.02 Å². The monoisotopic (exact) mass is 354 g/mol. The van der Waals surface area contributed by atoms with Gasteiger partial charge in [-0.2, -0.15) is 0 Å². The predicted molar refractivity (Wildman–Crippen MR) is 81.5 cm³/mol. The summed E-state index contributed by atoms with van der Waals surface area (Å²) < 4.78 is 11.3. The van der Waals surface area contributed by atoms with Gasteiger partial charge in [0.15, 0.2) is 6.61 Å². The summed E-state index contributed by atoms with van der Waals surface area (Å²) in [5.41, 5.74) is 0.851. The van der Waals surface area contributed by atoms with Crippen molar-refractivity contribution in [1.82, 2.24) is 0 Å². The molecule has 0 unspecified atom stereocenters. The summed E-state index contributed by atoms with van der Waals surface area (Å²) in [5.74, 6) is 0.576. The Bertz CT molecular complexity index is 628. The standard InChI is InChI=1S/C15H12BrClO3/c1-10-8-11(6-7-13(10)17)20-15(18)9-19-14-5-3-2-4-12(14)16/h2-8H,9H2,1H3. The lowest BCUT2D eigenvalue weighted by Gasteiger charge is -2.08. The SMILES string of the molecule is Cc1cc(OC(=O)COc2ccccc2Br)ccc1Cl. The van der Waals surface area contributed by atoms with Gasteiger partial charge < -0.3 is 9.47 Å². The van der Waals surface area contributed by atoms with E-state index in [0.29, 0.717) is 16.5 Å². The molecule has 0 aromatic heterocycles. The van der Waals surface area contributed by atoms with Crippen molar-refractivity contribution in [3.05, 3.63) is 57.5 Å². The number of carbonyl (C=O) groups excluding carboxylic acids is 1. The van der Waals surface area contributed by atoms with Crippen molar-refractivity contribution in [3.8, 4) is 11.5 Å². The maximum atomic E-state index is 11.7. The van der Waals surface area contributed by atoms with Gasteiger partial charge in [0.1, 0.15) is 11.5 Å². The lowest BCUT2D eigenvalue weighted by molar-refractivity contribution is -0.136. The van der Waals surface area contributed by atoms with Crippen molar-refractivity contribution in [3.63, 3.8) is 0 Å². The summed E-state index contributed by atoms with van der Waals surface area (Å²) in [6, 6.07) is 12.3. The van der Waals surface area contributed by atoms with Crippen LogP contribution in [0.25, 0.3) is 0 Å². The molecule has 5 heteroatoms. The summed E-state index contributed by atoms with van der Waals surface area (Å²) in [4.78, 5) is 11.7. The van der Waals surface area contributed by atoms with Crippen molar-refractivity contribution >= 4 is 33.5 Å². The minimum Gasteiger partial charge on any atom is -0.481 e. The molecule has 0 heterocycles. The van der Waals surface area contributed by atoms with Gasteiger partial charge in [-0.3, -0.25) is 0 Å². The Labute approximate surface area is 130 Å². The number of esters is 1. The van der Waals surface area contributed by atoms with Crippen LogP contribution in [-0.2, 0) is 4.79 Å². The highest BCUT2D eigenvalue weighted by Gasteiger charge is 2.08. The van der Waals surface area contributed by atoms with E-state index < -0.39 is 5.97 Å². The number of halogens is 2. The number of rotatable bonds is 4. The molecular formula is C15H12BrClO3. The van der Waals surface area contributed by atoms with Gasteiger partial charge in [0.2, 0.25) is 0 Å². The fourth-order valence-electron chi connectivity index (χ4n) is 1.54. The van der Waals surface area contributed by atoms with Crippen molar-refractivity contribution in [2.45, 2.75) is 6.92 Å². The number of hydrogen-bond acceptors (Lipinski definition) is 3. The van der Waals surface area contributed by atoms with E-state index in [9.17, 15) is 4.79 Å². The van der Waals surface area contributed by atoms with Gasteiger partial charge in [0.25, 0.3) is 0 Å². The number of benzene rings is 2. The van der Waals surface area contributed by atoms with E-state index in [4.69, 9.17) is 21.1 Å². The van der Waals surface area contributed by atoms with Gasteiger partial charge in [-0.15, -0.1) is 0 Å². The second-order valence-electron chi connectivity index (χ2n) is 4.10. The summed E-state index contributed by atoms with van der Waals surface area (Å²) >= 11 is 9.24. The smallest absolute Gasteiger partial charge is 0.349 e. The van der Waals surface area contributed by atoms with Crippen LogP contribution in [0.5, 0.6) is 11.5 Å². The van der Waals surface area contributed by atoms with Crippen LogP contribution in [0.2, 0.25) is 5.02 Å². The van der Waals surface area contributed by atoms with Crippen LogP contribution >= 0.6 is 27.5 Å². The third-order valence-electron chi connectivity index (χ3n) is 2.54. The molecule has 0 fully saturated rings. The predicted octanol–water partition coefficient (Wildman–Crippen LogP) is 4.40. The van der Waals surface area contributed by atoms with E-state index in [-0.39, 0.29) is 6.61 Å². The van der Waals surface area contributed by atoms with Crippen LogP contribution in [0, 0.1) is 6.92 Å². The summed E-state index contributed by atoms with van der Waals surface area (Å²) in [5, 5.41) is 0.634. The fraction of sp³-hybridized carbons (Fsp3) is 0.133. The van der Waals surface area contributed by atoms with Gasteiger partial charge in [-0.05, 0) is 58.7 Å². The second-order valence-corrected chi connectivity index (χ2v) is 5.37. The Morgan fingerprint density at radius 2 is 2.00 bits per heavy atom. The van der Waals surface area contributed by atoms with E-state index in [2.05, 4.69) is 15.9 Å². The highest BCUT2D eigenvalue weighted by atomic mass is 79.9. The zero-order valence-corrected chi connectivity index (χ0v) is 13.1. The molecule has 0 saturated heterocycles. The third-order valence-corrected chi connectivity index (χ3v) is 3.62. The van der Waals surface area contributed by atoms with E-state index in [0.717, 1.165) is 10.0 Å². The van der Waals surface area contributed by atoms with Crippen LogP contribution in [0.1, 0.15) is 5.56 Å². The zero-order chi connectivity index (χ0) is 14.5. The van der Waals surface area contributed by atoms with Crippen LogP contribution in [0.4, 0.5) is 0 Å². The quantitative estimate of drug-likeness (QED) is 0.602. The molecule has 0 saturated carbocycles. The molecular weight excluding hydrogens is 344 g/mol. The molecule has 0 radical (unpaired) electrons. The fourth-order valence-corrected chi connectivity index (χ4v) is 2.06. The van der Waals surface area contributed by atoms with Crippen LogP contribution < -0.4 is 9.47 Å². The molecule has 2 rings (SSSR count). The first-order valence-electron chi connectivity index (χ1n) is 5.90. The first-order valence-corrected chi connectivity index (χ1v) is 7.07. The average molecular weight is 356 g/mol. The maximum Gasteiger partial charge on any atom is 0.349 e. The van der Waals surface area contributed by atoms with Gasteiger partial charge in [0.05, 0.1) is 4.47 Å². The average Bonchev–Trinajstić information content (AvgIpc) is 2.42. The third kappa shape index (κ3) is 3.99. The molecule has 0 aliphatic carbocycles. The lowest BCUT2D eigenvalue weighted by Crippen LogP contribution is -2.17. The van der Waals surface area contributed by atoms with Crippen molar-refractivity contribution < 1.29 is 14.3 Å². The Morgan fingerprint density at radius 3 is 2.70 bits per heavy atom. The maximum absolute atomic E-state index is 11.7.